The maximum Gasteiger partial charge on any atom is 0.0705 e. The zero-order chi connectivity index (χ0) is 11.0. The molecule has 78 valence electrons. The van der Waals surface area contributed by atoms with Crippen molar-refractivity contribution in [3.8, 4) is 11.3 Å². The van der Waals surface area contributed by atoms with Crippen LogP contribution in [0.5, 0.6) is 0 Å². The lowest BCUT2D eigenvalue weighted by Gasteiger charge is -2.08. The Hall–Kier alpha value is -1.89. The van der Waals surface area contributed by atoms with Gasteiger partial charge >= 0.3 is 0 Å². The fourth-order valence-electron chi connectivity index (χ4n) is 2.30. The highest BCUT2D eigenvalue weighted by molar-refractivity contribution is 5.79. The smallest absolute Gasteiger partial charge is 0.0705 e. The third-order valence-corrected chi connectivity index (χ3v) is 3.15. The number of hydrogen-bond donors (Lipinski definition) is 0. The Morgan fingerprint density at radius 3 is 2.69 bits per heavy atom. The van der Waals surface area contributed by atoms with E-state index in [-0.39, 0.29) is 0 Å². The zero-order valence-electron chi connectivity index (χ0n) is 9.27. The molecule has 16 heavy (non-hydrogen) atoms. The normalized spacial score (nSPS) is 13.4. The van der Waals surface area contributed by atoms with E-state index in [0.29, 0.717) is 0 Å². The summed E-state index contributed by atoms with van der Waals surface area (Å²) in [6, 6.07) is 12.5. The Bertz CT molecular complexity index is 553. The fraction of sp³-hybridized carbons (Fsp3) is 0.133. The summed E-state index contributed by atoms with van der Waals surface area (Å²) in [5, 5.41) is 0. The summed E-state index contributed by atoms with van der Waals surface area (Å²) in [7, 11) is 0. The third kappa shape index (κ3) is 1.36. The quantitative estimate of drug-likeness (QED) is 0.694. The van der Waals surface area contributed by atoms with E-state index in [0.717, 1.165) is 12.1 Å². The van der Waals surface area contributed by atoms with Crippen LogP contribution in [-0.4, -0.2) is 4.98 Å². The predicted octanol–water partition coefficient (Wildman–Crippen LogP) is 3.71. The van der Waals surface area contributed by atoms with Crippen molar-refractivity contribution >= 4 is 5.57 Å². The van der Waals surface area contributed by atoms with Crippen molar-refractivity contribution in [3.63, 3.8) is 0 Å². The molecule has 2 aromatic rings. The molecule has 1 heterocycles. The molecule has 1 aliphatic carbocycles. The monoisotopic (exact) mass is 207 g/mol. The van der Waals surface area contributed by atoms with Crippen molar-refractivity contribution in [2.24, 2.45) is 0 Å². The molecule has 0 fully saturated rings. The van der Waals surface area contributed by atoms with Gasteiger partial charge in [-0.3, -0.25) is 4.98 Å². The molecule has 0 N–H and O–H groups in total. The lowest BCUT2D eigenvalue weighted by Crippen LogP contribution is -1.90. The number of rotatable bonds is 1. The van der Waals surface area contributed by atoms with Crippen molar-refractivity contribution in [2.75, 3.05) is 0 Å². The highest BCUT2D eigenvalue weighted by Gasteiger charge is 2.15. The van der Waals surface area contributed by atoms with Crippen LogP contribution in [0.1, 0.15) is 18.1 Å². The van der Waals surface area contributed by atoms with Crippen LogP contribution in [0.25, 0.3) is 16.8 Å². The minimum Gasteiger partial charge on any atom is -0.256 e. The van der Waals surface area contributed by atoms with Crippen LogP contribution in [-0.2, 0) is 6.42 Å². The second-order valence-electron chi connectivity index (χ2n) is 4.14. The first-order chi connectivity index (χ1) is 7.86. The van der Waals surface area contributed by atoms with Gasteiger partial charge in [0.15, 0.2) is 0 Å². The van der Waals surface area contributed by atoms with Gasteiger partial charge in [-0.2, -0.15) is 0 Å². The van der Waals surface area contributed by atoms with Gasteiger partial charge in [0, 0.05) is 11.8 Å². The van der Waals surface area contributed by atoms with E-state index < -0.39 is 0 Å². The Kier molecular flexibility index (Phi) is 2.10. The molecule has 0 spiro atoms. The van der Waals surface area contributed by atoms with Gasteiger partial charge in [0.25, 0.3) is 0 Å². The molecular formula is C15H13N. The maximum atomic E-state index is 4.43. The lowest BCUT2D eigenvalue weighted by molar-refractivity contribution is 1.26. The molecule has 1 aromatic heterocycles. The molecule has 0 saturated heterocycles. The van der Waals surface area contributed by atoms with Crippen LogP contribution in [0.15, 0.2) is 48.7 Å². The number of benzene rings is 1. The van der Waals surface area contributed by atoms with Crippen molar-refractivity contribution in [3.05, 3.63) is 59.8 Å². The Labute approximate surface area is 95.5 Å². The molecule has 1 heteroatoms. The van der Waals surface area contributed by atoms with Gasteiger partial charge in [0.1, 0.15) is 0 Å². The van der Waals surface area contributed by atoms with Crippen LogP contribution in [0.4, 0.5) is 0 Å². The first kappa shape index (κ1) is 9.34. The van der Waals surface area contributed by atoms with Gasteiger partial charge in [0.05, 0.1) is 5.69 Å². The molecule has 0 aliphatic heterocycles. The van der Waals surface area contributed by atoms with Gasteiger partial charge in [-0.1, -0.05) is 30.3 Å². The Morgan fingerprint density at radius 1 is 1.00 bits per heavy atom. The molecule has 1 aliphatic rings. The number of fused-ring (bicyclic) bond motifs is 1. The van der Waals surface area contributed by atoms with Gasteiger partial charge in [0.2, 0.25) is 0 Å². The van der Waals surface area contributed by atoms with Crippen molar-refractivity contribution < 1.29 is 0 Å². The minimum atomic E-state index is 1.04. The van der Waals surface area contributed by atoms with E-state index in [4.69, 9.17) is 0 Å². The summed E-state index contributed by atoms with van der Waals surface area (Å²) < 4.78 is 0. The molecule has 1 aromatic carbocycles. The number of nitrogens with zero attached hydrogens (tertiary/aromatic N) is 1. The Morgan fingerprint density at radius 2 is 1.88 bits per heavy atom. The van der Waals surface area contributed by atoms with Crippen molar-refractivity contribution in [1.82, 2.24) is 4.98 Å². The van der Waals surface area contributed by atoms with Crippen LogP contribution in [0.3, 0.4) is 0 Å². The second-order valence-corrected chi connectivity index (χ2v) is 4.14. The molecular weight excluding hydrogens is 194 g/mol. The molecule has 0 amide bonds. The van der Waals surface area contributed by atoms with Crippen molar-refractivity contribution in [2.45, 2.75) is 13.3 Å². The SMILES string of the molecule is CC1=CCc2c1cccc2-c1ccccn1. The van der Waals surface area contributed by atoms with Gasteiger partial charge in [-0.15, -0.1) is 0 Å². The summed E-state index contributed by atoms with van der Waals surface area (Å²) in [5.74, 6) is 0. The van der Waals surface area contributed by atoms with Crippen LogP contribution in [0, 0.1) is 0 Å². The van der Waals surface area contributed by atoms with Gasteiger partial charge < -0.3 is 0 Å². The standard InChI is InChI=1S/C15H13N/c1-11-8-9-13-12(11)5-4-6-14(13)15-7-2-3-10-16-15/h2-8,10H,9H2,1H3. The maximum absolute atomic E-state index is 4.43. The van der Waals surface area contributed by atoms with Crippen molar-refractivity contribution in [1.29, 1.82) is 0 Å². The number of aromatic nitrogens is 1. The minimum absolute atomic E-state index is 1.04. The molecule has 0 unspecified atom stereocenters. The highest BCUT2D eigenvalue weighted by atomic mass is 14.7. The van der Waals surface area contributed by atoms with E-state index >= 15 is 0 Å². The van der Waals surface area contributed by atoms with Crippen LogP contribution in [0.2, 0.25) is 0 Å². The van der Waals surface area contributed by atoms with Crippen LogP contribution < -0.4 is 0 Å². The first-order valence-electron chi connectivity index (χ1n) is 5.56. The average molecular weight is 207 g/mol. The average Bonchev–Trinajstić information content (AvgIpc) is 2.73. The zero-order valence-corrected chi connectivity index (χ0v) is 9.27. The molecule has 0 atom stereocenters. The molecule has 3 rings (SSSR count). The second kappa shape index (κ2) is 3.60. The van der Waals surface area contributed by atoms with Crippen LogP contribution >= 0.6 is 0 Å². The van der Waals surface area contributed by atoms with E-state index in [1.54, 1.807) is 0 Å². The number of allylic oxidation sites excluding steroid dienone is 2. The highest BCUT2D eigenvalue weighted by Crippen LogP contribution is 2.33. The molecule has 0 bridgehead atoms. The van der Waals surface area contributed by atoms with E-state index in [1.807, 2.05) is 18.3 Å². The lowest BCUT2D eigenvalue weighted by atomic mass is 9.98. The number of hydrogen-bond acceptors (Lipinski definition) is 1. The van der Waals surface area contributed by atoms with Gasteiger partial charge in [-0.25, -0.2) is 0 Å². The van der Waals surface area contributed by atoms with E-state index in [2.05, 4.69) is 42.2 Å². The summed E-state index contributed by atoms with van der Waals surface area (Å²) in [6.45, 7) is 2.17. The largest absolute Gasteiger partial charge is 0.256 e. The summed E-state index contributed by atoms with van der Waals surface area (Å²) in [6.07, 6.45) is 5.18. The van der Waals surface area contributed by atoms with E-state index in [1.165, 1.54) is 22.3 Å². The molecule has 0 saturated carbocycles. The summed E-state index contributed by atoms with van der Waals surface area (Å²) in [5.41, 5.74) is 6.52. The number of pyridine rings is 1. The summed E-state index contributed by atoms with van der Waals surface area (Å²) in [4.78, 5) is 4.43. The van der Waals surface area contributed by atoms with Gasteiger partial charge in [-0.05, 0) is 42.2 Å². The third-order valence-electron chi connectivity index (χ3n) is 3.15. The summed E-state index contributed by atoms with van der Waals surface area (Å²) >= 11 is 0. The molecule has 0 radical (unpaired) electrons. The topological polar surface area (TPSA) is 12.9 Å². The Balaban J connectivity index is 2.19. The fourth-order valence-corrected chi connectivity index (χ4v) is 2.30. The first-order valence-corrected chi connectivity index (χ1v) is 5.56. The molecule has 1 nitrogen and oxygen atoms in total. The van der Waals surface area contributed by atoms with E-state index in [9.17, 15) is 0 Å². The predicted molar refractivity (Wildman–Crippen MR) is 67.0 cm³/mol.